The molecule has 0 bridgehead atoms. The molecule has 18 heavy (non-hydrogen) atoms. The van der Waals surface area contributed by atoms with E-state index in [4.69, 9.17) is 0 Å². The maximum Gasteiger partial charge on any atom is 0.103 e. The molecule has 1 fully saturated rings. The molecule has 2 heterocycles. The summed E-state index contributed by atoms with van der Waals surface area (Å²) in [5, 5.41) is 19.0. The van der Waals surface area contributed by atoms with Crippen molar-refractivity contribution in [3.05, 3.63) is 23.0 Å². The highest BCUT2D eigenvalue weighted by Crippen LogP contribution is 2.28. The minimum Gasteiger partial charge on any atom is -0.393 e. The lowest BCUT2D eigenvalue weighted by Gasteiger charge is -2.36. The number of aryl methyl sites for hydroxylation is 2. The van der Waals surface area contributed by atoms with E-state index in [-0.39, 0.29) is 12.0 Å². The summed E-state index contributed by atoms with van der Waals surface area (Å²) >= 11 is 0. The lowest BCUT2D eigenvalue weighted by Crippen LogP contribution is -2.42. The topological polar surface area (TPSA) is 60.1 Å². The summed E-state index contributed by atoms with van der Waals surface area (Å²) < 4.78 is 0. The van der Waals surface area contributed by atoms with Crippen molar-refractivity contribution in [1.29, 1.82) is 5.26 Å². The molecule has 0 aromatic carbocycles. The molecule has 1 aliphatic heterocycles. The number of hydrogen-bond donors (Lipinski definition) is 1. The van der Waals surface area contributed by atoms with Crippen molar-refractivity contribution in [1.82, 2.24) is 4.98 Å². The fourth-order valence-electron chi connectivity index (χ4n) is 2.55. The molecule has 4 nitrogen and oxygen atoms in total. The molecule has 0 radical (unpaired) electrons. The van der Waals surface area contributed by atoms with E-state index in [0.717, 1.165) is 36.6 Å². The van der Waals surface area contributed by atoms with Crippen molar-refractivity contribution in [3.8, 4) is 6.07 Å². The molecule has 1 aromatic heterocycles. The minimum atomic E-state index is -0.226. The number of pyridine rings is 1. The average molecular weight is 245 g/mol. The Kier molecular flexibility index (Phi) is 3.53. The second-order valence-corrected chi connectivity index (χ2v) is 5.13. The predicted molar refractivity (Wildman–Crippen MR) is 70.4 cm³/mol. The van der Waals surface area contributed by atoms with Crippen LogP contribution in [0.4, 0.5) is 5.69 Å². The Balaban J connectivity index is 2.36. The third kappa shape index (κ3) is 2.32. The number of hydrogen-bond acceptors (Lipinski definition) is 4. The number of aliphatic hydroxyl groups excluding tert-OH is 1. The SMILES string of the molecule is Cc1cc(N2CCC(O)C(C)C2)c(C#N)c(C)n1. The molecule has 1 aliphatic rings. The molecule has 0 amide bonds. The highest BCUT2D eigenvalue weighted by atomic mass is 16.3. The van der Waals surface area contributed by atoms with E-state index >= 15 is 0 Å². The molecule has 0 spiro atoms. The molecule has 2 atom stereocenters. The van der Waals surface area contributed by atoms with Gasteiger partial charge in [-0.05, 0) is 32.3 Å². The first kappa shape index (κ1) is 12.8. The Morgan fingerprint density at radius 3 is 2.83 bits per heavy atom. The van der Waals surface area contributed by atoms with Crippen LogP contribution in [-0.4, -0.2) is 29.3 Å². The summed E-state index contributed by atoms with van der Waals surface area (Å²) in [6, 6.07) is 4.22. The van der Waals surface area contributed by atoms with Crippen LogP contribution in [0.25, 0.3) is 0 Å². The van der Waals surface area contributed by atoms with Gasteiger partial charge in [0.1, 0.15) is 6.07 Å². The maximum absolute atomic E-state index is 9.77. The molecule has 1 aromatic rings. The van der Waals surface area contributed by atoms with E-state index < -0.39 is 0 Å². The second-order valence-electron chi connectivity index (χ2n) is 5.13. The Labute approximate surface area is 108 Å². The van der Waals surface area contributed by atoms with Gasteiger partial charge in [-0.2, -0.15) is 5.26 Å². The first-order chi connectivity index (χ1) is 8.52. The van der Waals surface area contributed by atoms with Gasteiger partial charge >= 0.3 is 0 Å². The van der Waals surface area contributed by atoms with Gasteiger partial charge in [-0.25, -0.2) is 0 Å². The molecule has 1 N–H and O–H groups in total. The van der Waals surface area contributed by atoms with Crippen LogP contribution in [0, 0.1) is 31.1 Å². The van der Waals surface area contributed by atoms with E-state index in [1.165, 1.54) is 0 Å². The zero-order chi connectivity index (χ0) is 13.3. The zero-order valence-corrected chi connectivity index (χ0v) is 11.1. The standard InChI is InChI=1S/C14H19N3O/c1-9-8-17(5-4-14(9)18)13-6-10(2)16-11(3)12(13)7-15/h6,9,14,18H,4-5,8H2,1-3H3. The van der Waals surface area contributed by atoms with Crippen molar-refractivity contribution in [3.63, 3.8) is 0 Å². The fraction of sp³-hybridized carbons (Fsp3) is 0.571. The molecule has 96 valence electrons. The molecular formula is C14H19N3O. The number of anilines is 1. The van der Waals surface area contributed by atoms with Gasteiger partial charge in [0, 0.05) is 18.8 Å². The predicted octanol–water partition coefficient (Wildman–Crippen LogP) is 1.78. The summed E-state index contributed by atoms with van der Waals surface area (Å²) in [6.45, 7) is 7.45. The number of nitrogens with zero attached hydrogens (tertiary/aromatic N) is 3. The summed E-state index contributed by atoms with van der Waals surface area (Å²) in [5.74, 6) is 0.235. The fourth-order valence-corrected chi connectivity index (χ4v) is 2.55. The van der Waals surface area contributed by atoms with Gasteiger partial charge in [-0.15, -0.1) is 0 Å². The zero-order valence-electron chi connectivity index (χ0n) is 11.1. The number of piperidine rings is 1. The van der Waals surface area contributed by atoms with Crippen LogP contribution in [0.3, 0.4) is 0 Å². The van der Waals surface area contributed by atoms with E-state index in [1.807, 2.05) is 26.8 Å². The monoisotopic (exact) mass is 245 g/mol. The van der Waals surface area contributed by atoms with E-state index in [1.54, 1.807) is 0 Å². The van der Waals surface area contributed by atoms with Crippen LogP contribution in [0.2, 0.25) is 0 Å². The normalized spacial score (nSPS) is 23.8. The summed E-state index contributed by atoms with van der Waals surface area (Å²) in [5.41, 5.74) is 3.33. The summed E-state index contributed by atoms with van der Waals surface area (Å²) in [7, 11) is 0. The first-order valence-corrected chi connectivity index (χ1v) is 6.34. The van der Waals surface area contributed by atoms with Crippen molar-refractivity contribution >= 4 is 5.69 Å². The van der Waals surface area contributed by atoms with Crippen LogP contribution in [0.5, 0.6) is 0 Å². The number of aliphatic hydroxyl groups is 1. The van der Waals surface area contributed by atoms with E-state index in [2.05, 4.69) is 16.0 Å². The van der Waals surface area contributed by atoms with Crippen LogP contribution >= 0.6 is 0 Å². The smallest absolute Gasteiger partial charge is 0.103 e. The lowest BCUT2D eigenvalue weighted by atomic mass is 9.95. The van der Waals surface area contributed by atoms with Crippen LogP contribution in [0.1, 0.15) is 30.3 Å². The van der Waals surface area contributed by atoms with Crippen molar-refractivity contribution in [2.24, 2.45) is 5.92 Å². The Morgan fingerprint density at radius 2 is 2.22 bits per heavy atom. The number of rotatable bonds is 1. The van der Waals surface area contributed by atoms with E-state index in [0.29, 0.717) is 5.56 Å². The molecular weight excluding hydrogens is 226 g/mol. The largest absolute Gasteiger partial charge is 0.393 e. The maximum atomic E-state index is 9.77. The lowest BCUT2D eigenvalue weighted by molar-refractivity contribution is 0.0971. The molecule has 1 saturated heterocycles. The van der Waals surface area contributed by atoms with Gasteiger partial charge in [-0.1, -0.05) is 6.92 Å². The van der Waals surface area contributed by atoms with Crippen molar-refractivity contribution < 1.29 is 5.11 Å². The minimum absolute atomic E-state index is 0.226. The Hall–Kier alpha value is -1.60. The number of nitriles is 1. The van der Waals surface area contributed by atoms with Crippen molar-refractivity contribution in [2.75, 3.05) is 18.0 Å². The Morgan fingerprint density at radius 1 is 1.50 bits per heavy atom. The third-order valence-electron chi connectivity index (χ3n) is 3.62. The van der Waals surface area contributed by atoms with Gasteiger partial charge in [0.15, 0.2) is 0 Å². The van der Waals surface area contributed by atoms with Gasteiger partial charge in [0.05, 0.1) is 23.0 Å². The average Bonchev–Trinajstić information content (AvgIpc) is 2.32. The van der Waals surface area contributed by atoms with Gasteiger partial charge in [-0.3, -0.25) is 4.98 Å². The summed E-state index contributed by atoms with van der Waals surface area (Å²) in [6.07, 6.45) is 0.530. The second kappa shape index (κ2) is 4.95. The molecule has 2 unspecified atom stereocenters. The van der Waals surface area contributed by atoms with Gasteiger partial charge in [0.2, 0.25) is 0 Å². The van der Waals surface area contributed by atoms with Crippen LogP contribution < -0.4 is 4.90 Å². The van der Waals surface area contributed by atoms with E-state index in [9.17, 15) is 10.4 Å². The molecule has 0 aliphatic carbocycles. The van der Waals surface area contributed by atoms with Crippen molar-refractivity contribution in [2.45, 2.75) is 33.3 Å². The van der Waals surface area contributed by atoms with Crippen LogP contribution in [0.15, 0.2) is 6.07 Å². The quantitative estimate of drug-likeness (QED) is 0.819. The molecule has 4 heteroatoms. The van der Waals surface area contributed by atoms with Gasteiger partial charge < -0.3 is 10.0 Å². The molecule has 0 saturated carbocycles. The highest BCUT2D eigenvalue weighted by molar-refractivity contribution is 5.61. The molecule has 2 rings (SSSR count). The van der Waals surface area contributed by atoms with Gasteiger partial charge in [0.25, 0.3) is 0 Å². The van der Waals surface area contributed by atoms with Crippen LogP contribution in [-0.2, 0) is 0 Å². The number of aromatic nitrogens is 1. The highest BCUT2D eigenvalue weighted by Gasteiger charge is 2.26. The first-order valence-electron chi connectivity index (χ1n) is 6.34. The Bertz CT molecular complexity index is 493. The third-order valence-corrected chi connectivity index (χ3v) is 3.62. The summed E-state index contributed by atoms with van der Waals surface area (Å²) in [4.78, 5) is 6.53.